The van der Waals surface area contributed by atoms with Crippen molar-refractivity contribution in [3.05, 3.63) is 0 Å². The number of nitrogens with one attached hydrogen (secondary N) is 2. The van der Waals surface area contributed by atoms with Crippen LogP contribution in [0, 0.1) is 5.92 Å². The van der Waals surface area contributed by atoms with Crippen LogP contribution in [0.5, 0.6) is 0 Å². The fraction of sp³-hybridized carbons (Fsp3) is 0.923. The molecule has 2 N–H and O–H groups in total. The summed E-state index contributed by atoms with van der Waals surface area (Å²) in [7, 11) is 0. The maximum Gasteiger partial charge on any atom is 0.234 e. The molecule has 1 aliphatic carbocycles. The summed E-state index contributed by atoms with van der Waals surface area (Å²) in [6, 6.07) is 0.424. The SMILES string of the molecule is CC1CCCC1NC(=O)CN1CCCNCC1. The molecule has 0 aromatic carbocycles. The Morgan fingerprint density at radius 1 is 1.29 bits per heavy atom. The van der Waals surface area contributed by atoms with Crippen LogP contribution in [0.25, 0.3) is 0 Å². The molecule has 1 amide bonds. The minimum atomic E-state index is 0.214. The van der Waals surface area contributed by atoms with Crippen LogP contribution in [0.3, 0.4) is 0 Å². The Kier molecular flexibility index (Phi) is 4.80. The molecule has 2 atom stereocenters. The maximum atomic E-state index is 12.0. The third-order valence-electron chi connectivity index (χ3n) is 4.01. The Balaban J connectivity index is 1.72. The van der Waals surface area contributed by atoms with E-state index in [2.05, 4.69) is 22.5 Å². The summed E-state index contributed by atoms with van der Waals surface area (Å²) in [4.78, 5) is 14.2. The zero-order valence-electron chi connectivity index (χ0n) is 10.9. The van der Waals surface area contributed by atoms with E-state index in [1.807, 2.05) is 0 Å². The molecular weight excluding hydrogens is 214 g/mol. The summed E-state index contributed by atoms with van der Waals surface area (Å²) in [5, 5.41) is 6.55. The third kappa shape index (κ3) is 3.96. The molecule has 0 spiro atoms. The Hall–Kier alpha value is -0.610. The van der Waals surface area contributed by atoms with Gasteiger partial charge >= 0.3 is 0 Å². The van der Waals surface area contributed by atoms with Gasteiger partial charge in [-0.15, -0.1) is 0 Å². The first-order valence-corrected chi connectivity index (χ1v) is 6.98. The van der Waals surface area contributed by atoms with Crippen LogP contribution in [0.4, 0.5) is 0 Å². The van der Waals surface area contributed by atoms with Gasteiger partial charge in [0.05, 0.1) is 6.54 Å². The van der Waals surface area contributed by atoms with Crippen molar-refractivity contribution in [3.63, 3.8) is 0 Å². The molecule has 1 saturated carbocycles. The van der Waals surface area contributed by atoms with Crippen molar-refractivity contribution in [1.29, 1.82) is 0 Å². The van der Waals surface area contributed by atoms with Gasteiger partial charge in [-0.3, -0.25) is 9.69 Å². The highest BCUT2D eigenvalue weighted by atomic mass is 16.2. The minimum Gasteiger partial charge on any atom is -0.352 e. The molecule has 0 aromatic rings. The second-order valence-electron chi connectivity index (χ2n) is 5.46. The van der Waals surface area contributed by atoms with E-state index in [4.69, 9.17) is 0 Å². The predicted molar refractivity (Wildman–Crippen MR) is 68.9 cm³/mol. The molecule has 2 rings (SSSR count). The lowest BCUT2D eigenvalue weighted by molar-refractivity contribution is -0.123. The normalized spacial score (nSPS) is 31.1. The monoisotopic (exact) mass is 239 g/mol. The Morgan fingerprint density at radius 3 is 2.94 bits per heavy atom. The van der Waals surface area contributed by atoms with E-state index in [-0.39, 0.29) is 5.91 Å². The summed E-state index contributed by atoms with van der Waals surface area (Å²) in [5.74, 6) is 0.871. The molecule has 98 valence electrons. The number of rotatable bonds is 3. The molecule has 4 heteroatoms. The zero-order chi connectivity index (χ0) is 12.1. The average molecular weight is 239 g/mol. The highest BCUT2D eigenvalue weighted by Crippen LogP contribution is 2.24. The number of carbonyl (C=O) groups excluding carboxylic acids is 1. The minimum absolute atomic E-state index is 0.214. The van der Waals surface area contributed by atoms with Gasteiger partial charge in [0.1, 0.15) is 0 Å². The molecule has 2 unspecified atom stereocenters. The van der Waals surface area contributed by atoms with E-state index in [1.54, 1.807) is 0 Å². The third-order valence-corrected chi connectivity index (χ3v) is 4.01. The lowest BCUT2D eigenvalue weighted by atomic mass is 10.1. The molecule has 17 heavy (non-hydrogen) atoms. The number of amides is 1. The first-order chi connectivity index (χ1) is 8.25. The molecule has 1 aliphatic heterocycles. The van der Waals surface area contributed by atoms with Crippen molar-refractivity contribution in [1.82, 2.24) is 15.5 Å². The molecule has 0 radical (unpaired) electrons. The first kappa shape index (κ1) is 12.8. The topological polar surface area (TPSA) is 44.4 Å². The summed E-state index contributed by atoms with van der Waals surface area (Å²) >= 11 is 0. The van der Waals surface area contributed by atoms with E-state index in [9.17, 15) is 4.79 Å². The fourth-order valence-electron chi connectivity index (χ4n) is 2.88. The van der Waals surface area contributed by atoms with Gasteiger partial charge in [0.2, 0.25) is 5.91 Å². The predicted octanol–water partition coefficient (Wildman–Crippen LogP) is 0.587. The highest BCUT2D eigenvalue weighted by Gasteiger charge is 2.25. The molecule has 4 nitrogen and oxygen atoms in total. The van der Waals surface area contributed by atoms with Gasteiger partial charge in [-0.2, -0.15) is 0 Å². The lowest BCUT2D eigenvalue weighted by Crippen LogP contribution is -2.43. The van der Waals surface area contributed by atoms with Gasteiger partial charge in [0.25, 0.3) is 0 Å². The quantitative estimate of drug-likeness (QED) is 0.757. The Morgan fingerprint density at radius 2 is 2.18 bits per heavy atom. The van der Waals surface area contributed by atoms with Gasteiger partial charge in [-0.05, 0) is 38.3 Å². The van der Waals surface area contributed by atoms with Crippen LogP contribution in [0.2, 0.25) is 0 Å². The molecule has 2 aliphatic rings. The van der Waals surface area contributed by atoms with E-state index in [0.29, 0.717) is 18.5 Å². The van der Waals surface area contributed by atoms with Gasteiger partial charge in [0, 0.05) is 19.1 Å². The van der Waals surface area contributed by atoms with E-state index in [1.165, 1.54) is 12.8 Å². The smallest absolute Gasteiger partial charge is 0.234 e. The van der Waals surface area contributed by atoms with Crippen LogP contribution in [0.15, 0.2) is 0 Å². The van der Waals surface area contributed by atoms with Crippen molar-refractivity contribution in [2.45, 2.75) is 38.6 Å². The van der Waals surface area contributed by atoms with E-state index >= 15 is 0 Å². The van der Waals surface area contributed by atoms with Gasteiger partial charge in [-0.25, -0.2) is 0 Å². The standard InChI is InChI=1S/C13H25N3O/c1-11-4-2-5-12(11)15-13(17)10-16-8-3-6-14-7-9-16/h11-12,14H,2-10H2,1H3,(H,15,17). The summed E-state index contributed by atoms with van der Waals surface area (Å²) in [6.45, 7) is 6.94. The van der Waals surface area contributed by atoms with Crippen LogP contribution in [-0.2, 0) is 4.79 Å². The van der Waals surface area contributed by atoms with Crippen molar-refractivity contribution in [2.24, 2.45) is 5.92 Å². The molecular formula is C13H25N3O. The van der Waals surface area contributed by atoms with E-state index in [0.717, 1.165) is 39.0 Å². The fourth-order valence-corrected chi connectivity index (χ4v) is 2.88. The first-order valence-electron chi connectivity index (χ1n) is 6.98. The molecule has 1 saturated heterocycles. The molecule has 2 fully saturated rings. The van der Waals surface area contributed by atoms with Crippen molar-refractivity contribution in [2.75, 3.05) is 32.7 Å². The molecule has 1 heterocycles. The summed E-state index contributed by atoms with van der Waals surface area (Å²) in [5.41, 5.74) is 0. The van der Waals surface area contributed by atoms with Gasteiger partial charge in [0.15, 0.2) is 0 Å². The Labute approximate surface area is 104 Å². The van der Waals surface area contributed by atoms with Crippen molar-refractivity contribution >= 4 is 5.91 Å². The van der Waals surface area contributed by atoms with Crippen LogP contribution < -0.4 is 10.6 Å². The number of hydrogen-bond donors (Lipinski definition) is 2. The van der Waals surface area contributed by atoms with E-state index < -0.39 is 0 Å². The lowest BCUT2D eigenvalue weighted by Gasteiger charge is -2.22. The Bertz CT molecular complexity index is 249. The number of nitrogens with zero attached hydrogens (tertiary/aromatic N) is 1. The highest BCUT2D eigenvalue weighted by molar-refractivity contribution is 5.78. The van der Waals surface area contributed by atoms with Crippen molar-refractivity contribution in [3.8, 4) is 0 Å². The van der Waals surface area contributed by atoms with Crippen LogP contribution in [0.1, 0.15) is 32.6 Å². The number of hydrogen-bond acceptors (Lipinski definition) is 3. The molecule has 0 bridgehead atoms. The molecule has 0 aromatic heterocycles. The largest absolute Gasteiger partial charge is 0.352 e. The van der Waals surface area contributed by atoms with Crippen LogP contribution in [-0.4, -0.2) is 49.6 Å². The second-order valence-corrected chi connectivity index (χ2v) is 5.46. The zero-order valence-corrected chi connectivity index (χ0v) is 10.9. The second kappa shape index (κ2) is 6.36. The van der Waals surface area contributed by atoms with Crippen LogP contribution >= 0.6 is 0 Å². The average Bonchev–Trinajstić information content (AvgIpc) is 2.55. The number of carbonyl (C=O) groups is 1. The van der Waals surface area contributed by atoms with Gasteiger partial charge < -0.3 is 10.6 Å². The maximum absolute atomic E-state index is 12.0. The van der Waals surface area contributed by atoms with Crippen molar-refractivity contribution < 1.29 is 4.79 Å². The summed E-state index contributed by atoms with van der Waals surface area (Å²) < 4.78 is 0. The summed E-state index contributed by atoms with van der Waals surface area (Å²) in [6.07, 6.45) is 4.83. The van der Waals surface area contributed by atoms with Gasteiger partial charge in [-0.1, -0.05) is 13.3 Å².